The van der Waals surface area contributed by atoms with Crippen molar-refractivity contribution in [3.05, 3.63) is 29.3 Å². The highest BCUT2D eigenvalue weighted by Gasteiger charge is 2.33. The van der Waals surface area contributed by atoms with E-state index in [2.05, 4.69) is 23.2 Å². The van der Waals surface area contributed by atoms with Gasteiger partial charge in [0, 0.05) is 37.8 Å². The Morgan fingerprint density at radius 3 is 2.60 bits per heavy atom. The summed E-state index contributed by atoms with van der Waals surface area (Å²) in [5.74, 6) is 1.19. The number of phenols is 1. The van der Waals surface area contributed by atoms with Crippen molar-refractivity contribution in [2.75, 3.05) is 26.2 Å². The largest absolute Gasteiger partial charge is 0.508 e. The van der Waals surface area contributed by atoms with Crippen molar-refractivity contribution >= 4 is 0 Å². The molecular formula is C17H26N2O. The minimum atomic E-state index is 0.402. The van der Waals surface area contributed by atoms with Crippen LogP contribution in [0, 0.1) is 12.8 Å². The Kier molecular flexibility index (Phi) is 4.27. The van der Waals surface area contributed by atoms with Crippen molar-refractivity contribution in [1.29, 1.82) is 0 Å². The van der Waals surface area contributed by atoms with E-state index in [1.54, 1.807) is 0 Å². The maximum atomic E-state index is 10.4. The summed E-state index contributed by atoms with van der Waals surface area (Å²) in [5.41, 5.74) is 2.40. The van der Waals surface area contributed by atoms with Crippen LogP contribution < -0.4 is 5.32 Å². The summed E-state index contributed by atoms with van der Waals surface area (Å²) in [6.07, 6.45) is 5.31. The zero-order valence-corrected chi connectivity index (χ0v) is 12.4. The molecule has 1 saturated heterocycles. The van der Waals surface area contributed by atoms with Crippen LogP contribution >= 0.6 is 0 Å². The fraction of sp³-hybridized carbons (Fsp3) is 0.647. The molecule has 2 aliphatic rings. The number of phenolic OH excluding ortho intramolecular Hbond substituents is 1. The SMILES string of the molecule is Cc1ccc(O)c([C@H](C2CCCC2)N2CCNCC2)c1. The van der Waals surface area contributed by atoms with E-state index < -0.39 is 0 Å². The van der Waals surface area contributed by atoms with Crippen molar-refractivity contribution in [3.63, 3.8) is 0 Å². The third kappa shape index (κ3) is 2.84. The molecule has 1 aliphatic heterocycles. The molecule has 0 unspecified atom stereocenters. The first-order chi connectivity index (χ1) is 9.75. The third-order valence-corrected chi connectivity index (χ3v) is 4.89. The second kappa shape index (κ2) is 6.15. The zero-order valence-electron chi connectivity index (χ0n) is 12.4. The van der Waals surface area contributed by atoms with Gasteiger partial charge in [0.15, 0.2) is 0 Å². The molecule has 1 heterocycles. The van der Waals surface area contributed by atoms with E-state index in [1.807, 2.05) is 12.1 Å². The van der Waals surface area contributed by atoms with E-state index in [1.165, 1.54) is 31.2 Å². The van der Waals surface area contributed by atoms with Crippen LogP contribution in [0.3, 0.4) is 0 Å². The normalized spacial score (nSPS) is 23.1. The van der Waals surface area contributed by atoms with Crippen LogP contribution in [0.2, 0.25) is 0 Å². The molecule has 0 radical (unpaired) electrons. The standard InChI is InChI=1S/C17H26N2O/c1-13-6-7-16(20)15(12-13)17(14-4-2-3-5-14)19-10-8-18-9-11-19/h6-7,12,14,17-18,20H,2-5,8-11H2,1H3/t17-/m0/s1. The Morgan fingerprint density at radius 1 is 1.20 bits per heavy atom. The number of aromatic hydroxyl groups is 1. The van der Waals surface area contributed by atoms with E-state index in [4.69, 9.17) is 0 Å². The first-order valence-corrected chi connectivity index (χ1v) is 8.00. The summed E-state index contributed by atoms with van der Waals surface area (Å²) in [7, 11) is 0. The highest BCUT2D eigenvalue weighted by atomic mass is 16.3. The molecule has 3 nitrogen and oxygen atoms in total. The lowest BCUT2D eigenvalue weighted by atomic mass is 9.88. The van der Waals surface area contributed by atoms with E-state index in [-0.39, 0.29) is 0 Å². The number of benzene rings is 1. The van der Waals surface area contributed by atoms with Crippen molar-refractivity contribution in [1.82, 2.24) is 10.2 Å². The maximum absolute atomic E-state index is 10.4. The second-order valence-electron chi connectivity index (χ2n) is 6.34. The summed E-state index contributed by atoms with van der Waals surface area (Å²) in [5, 5.41) is 13.8. The molecule has 1 aromatic carbocycles. The van der Waals surface area contributed by atoms with Crippen LogP contribution in [-0.4, -0.2) is 36.2 Å². The lowest BCUT2D eigenvalue weighted by Crippen LogP contribution is -2.46. The minimum absolute atomic E-state index is 0.402. The van der Waals surface area contributed by atoms with Gasteiger partial charge in [-0.3, -0.25) is 4.90 Å². The first-order valence-electron chi connectivity index (χ1n) is 8.00. The minimum Gasteiger partial charge on any atom is -0.508 e. The smallest absolute Gasteiger partial charge is 0.120 e. The number of hydrogen-bond acceptors (Lipinski definition) is 3. The quantitative estimate of drug-likeness (QED) is 0.889. The second-order valence-corrected chi connectivity index (χ2v) is 6.34. The number of piperazine rings is 1. The van der Waals surface area contributed by atoms with Gasteiger partial charge in [0.05, 0.1) is 0 Å². The molecule has 3 rings (SSSR count). The molecule has 2 fully saturated rings. The Hall–Kier alpha value is -1.06. The third-order valence-electron chi connectivity index (χ3n) is 4.89. The van der Waals surface area contributed by atoms with Gasteiger partial charge in [0.25, 0.3) is 0 Å². The molecule has 3 heteroatoms. The molecule has 0 aromatic heterocycles. The van der Waals surface area contributed by atoms with Gasteiger partial charge in [0.2, 0.25) is 0 Å². The van der Waals surface area contributed by atoms with Gasteiger partial charge in [-0.1, -0.05) is 30.5 Å². The Labute approximate surface area is 122 Å². The zero-order chi connectivity index (χ0) is 13.9. The van der Waals surface area contributed by atoms with Crippen LogP contribution in [0.25, 0.3) is 0 Å². The Balaban J connectivity index is 1.92. The van der Waals surface area contributed by atoms with Gasteiger partial charge in [0.1, 0.15) is 5.75 Å². The lowest BCUT2D eigenvalue weighted by molar-refractivity contribution is 0.123. The molecular weight excluding hydrogens is 248 g/mol. The highest BCUT2D eigenvalue weighted by Crippen LogP contribution is 2.42. The molecule has 0 spiro atoms. The number of rotatable bonds is 3. The van der Waals surface area contributed by atoms with E-state index in [9.17, 15) is 5.11 Å². The molecule has 0 amide bonds. The van der Waals surface area contributed by atoms with Crippen LogP contribution in [0.5, 0.6) is 5.75 Å². The van der Waals surface area contributed by atoms with E-state index in [0.29, 0.717) is 17.7 Å². The van der Waals surface area contributed by atoms with Gasteiger partial charge in [-0.15, -0.1) is 0 Å². The molecule has 1 aromatic rings. The number of hydrogen-bond donors (Lipinski definition) is 2. The van der Waals surface area contributed by atoms with Gasteiger partial charge >= 0.3 is 0 Å². The average molecular weight is 274 g/mol. The molecule has 1 aliphatic carbocycles. The van der Waals surface area contributed by atoms with E-state index in [0.717, 1.165) is 31.7 Å². The lowest BCUT2D eigenvalue weighted by Gasteiger charge is -2.39. The molecule has 1 atom stereocenters. The molecule has 0 bridgehead atoms. The Morgan fingerprint density at radius 2 is 1.90 bits per heavy atom. The molecule has 2 N–H and O–H groups in total. The van der Waals surface area contributed by atoms with Crippen LogP contribution in [-0.2, 0) is 0 Å². The fourth-order valence-corrected chi connectivity index (χ4v) is 3.89. The number of nitrogens with zero attached hydrogens (tertiary/aromatic N) is 1. The number of aryl methyl sites for hydroxylation is 1. The van der Waals surface area contributed by atoms with Crippen molar-refractivity contribution < 1.29 is 5.11 Å². The summed E-state index contributed by atoms with van der Waals surface area (Å²) < 4.78 is 0. The van der Waals surface area contributed by atoms with Crippen molar-refractivity contribution in [2.45, 2.75) is 38.6 Å². The van der Waals surface area contributed by atoms with Crippen LogP contribution in [0.15, 0.2) is 18.2 Å². The monoisotopic (exact) mass is 274 g/mol. The average Bonchev–Trinajstić information content (AvgIpc) is 2.98. The molecule has 1 saturated carbocycles. The predicted octanol–water partition coefficient (Wildman–Crippen LogP) is 2.84. The summed E-state index contributed by atoms with van der Waals surface area (Å²) in [6.45, 7) is 6.43. The molecule has 20 heavy (non-hydrogen) atoms. The van der Waals surface area contributed by atoms with Crippen molar-refractivity contribution in [2.24, 2.45) is 5.92 Å². The first kappa shape index (κ1) is 13.9. The number of nitrogens with one attached hydrogen (secondary N) is 1. The molecule has 110 valence electrons. The predicted molar refractivity (Wildman–Crippen MR) is 82.0 cm³/mol. The summed E-state index contributed by atoms with van der Waals surface area (Å²) >= 11 is 0. The van der Waals surface area contributed by atoms with E-state index >= 15 is 0 Å². The van der Waals surface area contributed by atoms with Crippen LogP contribution in [0.4, 0.5) is 0 Å². The van der Waals surface area contributed by atoms with Gasteiger partial charge in [-0.05, 0) is 31.7 Å². The van der Waals surface area contributed by atoms with Crippen LogP contribution in [0.1, 0.15) is 42.9 Å². The van der Waals surface area contributed by atoms with Crippen molar-refractivity contribution in [3.8, 4) is 5.75 Å². The Bertz CT molecular complexity index is 448. The highest BCUT2D eigenvalue weighted by molar-refractivity contribution is 5.38. The summed E-state index contributed by atoms with van der Waals surface area (Å²) in [4.78, 5) is 2.58. The van der Waals surface area contributed by atoms with Gasteiger partial charge in [-0.25, -0.2) is 0 Å². The topological polar surface area (TPSA) is 35.5 Å². The fourth-order valence-electron chi connectivity index (χ4n) is 3.89. The maximum Gasteiger partial charge on any atom is 0.120 e. The summed E-state index contributed by atoms with van der Waals surface area (Å²) in [6, 6.07) is 6.47. The van der Waals surface area contributed by atoms with Gasteiger partial charge < -0.3 is 10.4 Å². The van der Waals surface area contributed by atoms with Gasteiger partial charge in [-0.2, -0.15) is 0 Å².